The Bertz CT molecular complexity index is 1040. The van der Waals surface area contributed by atoms with Gasteiger partial charge in [-0.25, -0.2) is 18.1 Å². The normalized spacial score (nSPS) is 22.0. The third-order valence-corrected chi connectivity index (χ3v) is 7.64. The number of rotatable bonds is 6. The summed E-state index contributed by atoms with van der Waals surface area (Å²) < 4.78 is 36.7. The summed E-state index contributed by atoms with van der Waals surface area (Å²) in [4.78, 5) is 18.5. The maximum Gasteiger partial charge on any atom is 0.261 e. The van der Waals surface area contributed by atoms with Crippen LogP contribution in [0.2, 0.25) is 0 Å². The second kappa shape index (κ2) is 10.7. The molecule has 33 heavy (non-hydrogen) atoms. The van der Waals surface area contributed by atoms with Crippen LogP contribution in [0.1, 0.15) is 32.4 Å². The van der Waals surface area contributed by atoms with Gasteiger partial charge in [-0.3, -0.25) is 4.79 Å². The van der Waals surface area contributed by atoms with E-state index in [-0.39, 0.29) is 42.7 Å². The van der Waals surface area contributed by atoms with Crippen molar-refractivity contribution in [1.29, 1.82) is 0 Å². The fourth-order valence-electron chi connectivity index (χ4n) is 3.78. The summed E-state index contributed by atoms with van der Waals surface area (Å²) in [6.07, 6.45) is 4.87. The number of hydrogen-bond acceptors (Lipinski definition) is 8. The number of aliphatic hydroxyl groups excluding tert-OH is 1. The summed E-state index contributed by atoms with van der Waals surface area (Å²) in [5, 5.41) is 17.7. The van der Waals surface area contributed by atoms with Gasteiger partial charge in [0, 0.05) is 52.3 Å². The largest absolute Gasteiger partial charge is 0.394 e. The first kappa shape index (κ1) is 25.3. The molecule has 3 rings (SSSR count). The standard InChI is InChI=1S/C20H33N7O5S/c1-15-9-26(16(2)12-28)20(29)6-5-7-27-17(8-22-23-27)13-32-18(15)10-25(4)33(30,31)19-11-24(3)14-21-19/h8,11,14-16,18,28H,5-7,9-10,12-13H2,1-4H3/t15-,16+,18-/m0/s1. The van der Waals surface area contributed by atoms with E-state index >= 15 is 0 Å². The minimum Gasteiger partial charge on any atom is -0.394 e. The molecule has 1 amide bonds. The highest BCUT2D eigenvalue weighted by Gasteiger charge is 2.32. The number of carbonyl (C=O) groups excluding carboxylic acids is 1. The summed E-state index contributed by atoms with van der Waals surface area (Å²) in [5.41, 5.74) is 0.760. The predicted molar refractivity (Wildman–Crippen MR) is 118 cm³/mol. The molecule has 12 nitrogen and oxygen atoms in total. The van der Waals surface area contributed by atoms with E-state index in [1.165, 1.54) is 23.9 Å². The molecular weight excluding hydrogens is 450 g/mol. The Morgan fingerprint density at radius 3 is 2.82 bits per heavy atom. The number of amides is 1. The monoisotopic (exact) mass is 483 g/mol. The Balaban J connectivity index is 1.86. The number of carbonyl (C=O) groups is 1. The molecule has 1 N–H and O–H groups in total. The van der Waals surface area contributed by atoms with Crippen molar-refractivity contribution in [2.75, 3.05) is 26.7 Å². The average Bonchev–Trinajstić information content (AvgIpc) is 3.42. The number of aromatic nitrogens is 5. The summed E-state index contributed by atoms with van der Waals surface area (Å²) in [6, 6.07) is -0.361. The molecule has 0 bridgehead atoms. The van der Waals surface area contributed by atoms with Crippen LogP contribution in [-0.4, -0.2) is 92.1 Å². The molecular formula is C20H33N7O5S. The lowest BCUT2D eigenvalue weighted by atomic mass is 10.0. The van der Waals surface area contributed by atoms with E-state index in [0.717, 1.165) is 5.69 Å². The van der Waals surface area contributed by atoms with Gasteiger partial charge in [-0.05, 0) is 13.3 Å². The van der Waals surface area contributed by atoms with Gasteiger partial charge in [0.1, 0.15) is 0 Å². The van der Waals surface area contributed by atoms with Crippen LogP contribution in [0.4, 0.5) is 0 Å². The molecule has 13 heteroatoms. The van der Waals surface area contributed by atoms with Gasteiger partial charge in [-0.1, -0.05) is 12.1 Å². The molecule has 0 aromatic carbocycles. The Morgan fingerprint density at radius 1 is 1.39 bits per heavy atom. The van der Waals surface area contributed by atoms with Crippen LogP contribution in [0.15, 0.2) is 23.7 Å². The van der Waals surface area contributed by atoms with Gasteiger partial charge in [0.15, 0.2) is 5.03 Å². The lowest BCUT2D eigenvalue weighted by Gasteiger charge is -2.35. The summed E-state index contributed by atoms with van der Waals surface area (Å²) in [6.45, 7) is 4.67. The number of nitrogens with zero attached hydrogens (tertiary/aromatic N) is 7. The Labute approximate surface area is 194 Å². The summed E-state index contributed by atoms with van der Waals surface area (Å²) in [7, 11) is -0.624. The number of likely N-dealkylation sites (N-methyl/N-ethyl adjacent to an activating group) is 1. The van der Waals surface area contributed by atoms with Crippen LogP contribution in [-0.2, 0) is 39.8 Å². The lowest BCUT2D eigenvalue weighted by molar-refractivity contribution is -0.136. The zero-order valence-electron chi connectivity index (χ0n) is 19.5. The van der Waals surface area contributed by atoms with Gasteiger partial charge >= 0.3 is 0 Å². The van der Waals surface area contributed by atoms with Crippen molar-refractivity contribution in [2.24, 2.45) is 13.0 Å². The minimum absolute atomic E-state index is 0.0405. The quantitative estimate of drug-likeness (QED) is 0.600. The van der Waals surface area contributed by atoms with Gasteiger partial charge in [0.2, 0.25) is 5.91 Å². The molecule has 0 saturated heterocycles. The zero-order valence-corrected chi connectivity index (χ0v) is 20.3. The van der Waals surface area contributed by atoms with E-state index < -0.39 is 16.1 Å². The molecule has 0 radical (unpaired) electrons. The number of fused-ring (bicyclic) bond motifs is 1. The van der Waals surface area contributed by atoms with Crippen LogP contribution in [0.25, 0.3) is 0 Å². The molecule has 1 aliphatic heterocycles. The van der Waals surface area contributed by atoms with E-state index in [1.54, 1.807) is 34.3 Å². The minimum atomic E-state index is -3.82. The van der Waals surface area contributed by atoms with Crippen LogP contribution in [0.5, 0.6) is 0 Å². The van der Waals surface area contributed by atoms with Crippen molar-refractivity contribution in [3.05, 3.63) is 24.4 Å². The number of ether oxygens (including phenoxy) is 1. The molecule has 2 aromatic heterocycles. The molecule has 0 aliphatic carbocycles. The number of imidazole rings is 1. The average molecular weight is 484 g/mol. The van der Waals surface area contributed by atoms with Crippen molar-refractivity contribution in [3.8, 4) is 0 Å². The van der Waals surface area contributed by atoms with Gasteiger partial charge in [0.05, 0.1) is 43.6 Å². The van der Waals surface area contributed by atoms with Crippen LogP contribution in [0.3, 0.4) is 0 Å². The van der Waals surface area contributed by atoms with Gasteiger partial charge in [-0.2, -0.15) is 4.31 Å². The lowest BCUT2D eigenvalue weighted by Crippen LogP contribution is -2.47. The molecule has 3 atom stereocenters. The number of sulfonamides is 1. The van der Waals surface area contributed by atoms with Crippen LogP contribution in [0, 0.1) is 5.92 Å². The molecule has 0 unspecified atom stereocenters. The smallest absolute Gasteiger partial charge is 0.261 e. The van der Waals surface area contributed by atoms with E-state index in [9.17, 15) is 18.3 Å². The molecule has 3 heterocycles. The number of hydrogen-bond donors (Lipinski definition) is 1. The van der Waals surface area contributed by atoms with E-state index in [1.807, 2.05) is 6.92 Å². The van der Waals surface area contributed by atoms with Gasteiger partial charge < -0.3 is 19.3 Å². The number of aryl methyl sites for hydroxylation is 2. The van der Waals surface area contributed by atoms with E-state index in [0.29, 0.717) is 25.9 Å². The highest BCUT2D eigenvalue weighted by atomic mass is 32.2. The third-order valence-electron chi connectivity index (χ3n) is 5.93. The Kier molecular flexibility index (Phi) is 8.21. The van der Waals surface area contributed by atoms with Crippen LogP contribution >= 0.6 is 0 Å². The van der Waals surface area contributed by atoms with Crippen LogP contribution < -0.4 is 0 Å². The first-order chi connectivity index (χ1) is 15.6. The predicted octanol–water partition coefficient (Wildman–Crippen LogP) is -0.143. The van der Waals surface area contributed by atoms with Crippen molar-refractivity contribution in [1.82, 2.24) is 33.8 Å². The van der Waals surface area contributed by atoms with E-state index in [4.69, 9.17) is 4.74 Å². The van der Waals surface area contributed by atoms with Crippen molar-refractivity contribution in [3.63, 3.8) is 0 Å². The molecule has 0 fully saturated rings. The van der Waals surface area contributed by atoms with Gasteiger partial charge in [0.25, 0.3) is 10.0 Å². The van der Waals surface area contributed by atoms with E-state index in [2.05, 4.69) is 15.3 Å². The van der Waals surface area contributed by atoms with Gasteiger partial charge in [-0.15, -0.1) is 5.10 Å². The summed E-state index contributed by atoms with van der Waals surface area (Å²) in [5.74, 6) is -0.285. The molecule has 1 aliphatic rings. The SMILES string of the molecule is C[C@H](CO)N1C[C@H](C)[C@H](CN(C)S(=O)(=O)c2cn(C)cn2)OCc2cnnn2CCCC1=O. The maximum absolute atomic E-state index is 13.0. The second-order valence-electron chi connectivity index (χ2n) is 8.62. The van der Waals surface area contributed by atoms with Crippen molar-refractivity contribution >= 4 is 15.9 Å². The maximum atomic E-state index is 13.0. The number of aliphatic hydroxyl groups is 1. The van der Waals surface area contributed by atoms with Crippen molar-refractivity contribution in [2.45, 2.75) is 57.0 Å². The highest BCUT2D eigenvalue weighted by molar-refractivity contribution is 7.89. The molecule has 0 spiro atoms. The van der Waals surface area contributed by atoms with Crippen molar-refractivity contribution < 1.29 is 23.1 Å². The Hall–Kier alpha value is -2.35. The fraction of sp³-hybridized carbons (Fsp3) is 0.700. The zero-order chi connectivity index (χ0) is 24.2. The summed E-state index contributed by atoms with van der Waals surface area (Å²) >= 11 is 0. The third kappa shape index (κ3) is 5.96. The first-order valence-corrected chi connectivity index (χ1v) is 12.4. The highest BCUT2D eigenvalue weighted by Crippen LogP contribution is 2.20. The fourth-order valence-corrected chi connectivity index (χ4v) is 4.92. The Morgan fingerprint density at radius 2 is 2.15 bits per heavy atom. The topological polar surface area (TPSA) is 136 Å². The molecule has 184 valence electrons. The first-order valence-electron chi connectivity index (χ1n) is 11.0. The second-order valence-corrected chi connectivity index (χ2v) is 10.6. The molecule has 2 aromatic rings. The molecule has 0 saturated carbocycles.